The molecule has 0 aliphatic rings. The van der Waals surface area contributed by atoms with Crippen molar-refractivity contribution in [3.63, 3.8) is 0 Å². The summed E-state index contributed by atoms with van der Waals surface area (Å²) in [7, 11) is 0. The predicted octanol–water partition coefficient (Wildman–Crippen LogP) is 5.34. The van der Waals surface area contributed by atoms with Crippen LogP contribution in [-0.4, -0.2) is 0 Å². The van der Waals surface area contributed by atoms with E-state index < -0.39 is 0 Å². The number of aryl methyl sites for hydroxylation is 1. The van der Waals surface area contributed by atoms with Crippen molar-refractivity contribution >= 4 is 5.57 Å². The Morgan fingerprint density at radius 1 is 1.11 bits per heavy atom. The molecule has 94 valence electrons. The number of rotatable bonds is 6. The van der Waals surface area contributed by atoms with Crippen LogP contribution < -0.4 is 0 Å². The van der Waals surface area contributed by atoms with E-state index in [1.165, 1.54) is 11.1 Å². The smallest absolute Gasteiger partial charge is 0.0163 e. The average molecular weight is 238 g/mol. The normalized spacial score (nSPS) is 11.9. The van der Waals surface area contributed by atoms with Gasteiger partial charge in [0.15, 0.2) is 0 Å². The topological polar surface area (TPSA) is 0 Å². The average Bonchev–Trinajstić information content (AvgIpc) is 2.42. The lowest BCUT2D eigenvalue weighted by molar-refractivity contribution is 1.14. The van der Waals surface area contributed by atoms with E-state index in [-0.39, 0.29) is 0 Å². The van der Waals surface area contributed by atoms with Crippen LogP contribution in [0.5, 0.6) is 0 Å². The predicted molar refractivity (Wildman–Crippen MR) is 82.6 cm³/mol. The molecule has 0 saturated heterocycles. The van der Waals surface area contributed by atoms with E-state index in [1.54, 1.807) is 0 Å². The van der Waals surface area contributed by atoms with Gasteiger partial charge in [0.25, 0.3) is 0 Å². The van der Waals surface area contributed by atoms with E-state index in [0.29, 0.717) is 0 Å². The van der Waals surface area contributed by atoms with E-state index >= 15 is 0 Å². The Morgan fingerprint density at radius 3 is 2.44 bits per heavy atom. The molecule has 1 aromatic rings. The summed E-state index contributed by atoms with van der Waals surface area (Å²) in [6, 6.07) is 8.61. The van der Waals surface area contributed by atoms with Crippen LogP contribution in [-0.2, 0) is 6.42 Å². The molecule has 0 atom stereocenters. The molecule has 0 heteroatoms. The minimum absolute atomic E-state index is 0.941. The molecule has 18 heavy (non-hydrogen) atoms. The van der Waals surface area contributed by atoms with Gasteiger partial charge in [0.1, 0.15) is 0 Å². The van der Waals surface area contributed by atoms with Gasteiger partial charge in [-0.2, -0.15) is 0 Å². The third kappa shape index (κ3) is 5.01. The summed E-state index contributed by atoms with van der Waals surface area (Å²) in [5.74, 6) is 0. The van der Waals surface area contributed by atoms with Crippen molar-refractivity contribution in [2.75, 3.05) is 0 Å². The van der Waals surface area contributed by atoms with Crippen LogP contribution in [0.1, 0.15) is 31.4 Å². The Labute approximate surface area is 111 Å². The molecular formula is C18H22. The van der Waals surface area contributed by atoms with E-state index in [1.807, 2.05) is 19.1 Å². The zero-order valence-corrected chi connectivity index (χ0v) is 11.4. The van der Waals surface area contributed by atoms with Crippen molar-refractivity contribution in [2.24, 2.45) is 0 Å². The molecule has 0 N–H and O–H groups in total. The lowest BCUT2D eigenvalue weighted by Gasteiger charge is -2.02. The first kappa shape index (κ1) is 14.2. The molecule has 0 saturated carbocycles. The number of hydrogen-bond acceptors (Lipinski definition) is 0. The number of allylic oxidation sites excluding steroid dienone is 7. The Kier molecular flexibility index (Phi) is 6.56. The van der Waals surface area contributed by atoms with Crippen molar-refractivity contribution in [3.05, 3.63) is 78.4 Å². The van der Waals surface area contributed by atoms with E-state index in [9.17, 15) is 0 Å². The summed E-state index contributed by atoms with van der Waals surface area (Å²) >= 11 is 0. The monoisotopic (exact) mass is 238 g/mol. The van der Waals surface area contributed by atoms with Crippen molar-refractivity contribution in [1.82, 2.24) is 0 Å². The lowest BCUT2D eigenvalue weighted by Crippen LogP contribution is -1.82. The van der Waals surface area contributed by atoms with Gasteiger partial charge in [-0.15, -0.1) is 0 Å². The van der Waals surface area contributed by atoms with Crippen LogP contribution in [0, 0.1) is 0 Å². The standard InChI is InChI=1S/C18H22/c1-4-6-7-8-9-10-11-16(3)18-14-12-17(5-2)13-15-18/h4,6-8,10-15H,3,5,9H2,1-2H3/b6-4-,8-7-,11-10+. The van der Waals surface area contributed by atoms with E-state index in [0.717, 1.165) is 18.4 Å². The highest BCUT2D eigenvalue weighted by Crippen LogP contribution is 2.15. The first-order chi connectivity index (χ1) is 8.77. The first-order valence-electron chi connectivity index (χ1n) is 6.50. The van der Waals surface area contributed by atoms with Crippen LogP contribution in [0.15, 0.2) is 67.3 Å². The summed E-state index contributed by atoms with van der Waals surface area (Å²) < 4.78 is 0. The van der Waals surface area contributed by atoms with Crippen LogP contribution >= 0.6 is 0 Å². The second-order valence-corrected chi connectivity index (χ2v) is 4.17. The van der Waals surface area contributed by atoms with Gasteiger partial charge >= 0.3 is 0 Å². The maximum atomic E-state index is 4.09. The highest BCUT2D eigenvalue weighted by molar-refractivity contribution is 5.71. The summed E-state index contributed by atoms with van der Waals surface area (Å²) in [4.78, 5) is 0. The van der Waals surface area contributed by atoms with Gasteiger partial charge in [-0.3, -0.25) is 0 Å². The molecule has 1 aromatic carbocycles. The first-order valence-corrected chi connectivity index (χ1v) is 6.50. The molecule has 0 fully saturated rings. The van der Waals surface area contributed by atoms with E-state index in [4.69, 9.17) is 0 Å². The van der Waals surface area contributed by atoms with Crippen LogP contribution in [0.3, 0.4) is 0 Å². The molecular weight excluding hydrogens is 216 g/mol. The van der Waals surface area contributed by atoms with E-state index in [2.05, 4.69) is 62.1 Å². The second-order valence-electron chi connectivity index (χ2n) is 4.17. The molecule has 0 aliphatic carbocycles. The number of hydrogen-bond donors (Lipinski definition) is 0. The fourth-order valence-electron chi connectivity index (χ4n) is 1.61. The summed E-state index contributed by atoms with van der Waals surface area (Å²) in [6.07, 6.45) is 14.5. The molecule has 1 rings (SSSR count). The minimum Gasteiger partial charge on any atom is -0.0912 e. The maximum Gasteiger partial charge on any atom is -0.0163 e. The quantitative estimate of drug-likeness (QED) is 0.587. The third-order valence-corrected chi connectivity index (χ3v) is 2.76. The molecule has 0 amide bonds. The summed E-state index contributed by atoms with van der Waals surface area (Å²) in [5.41, 5.74) is 3.63. The highest BCUT2D eigenvalue weighted by atomic mass is 14.0. The Balaban J connectivity index is 2.51. The third-order valence-electron chi connectivity index (χ3n) is 2.76. The fraction of sp³-hybridized carbons (Fsp3) is 0.222. The van der Waals surface area contributed by atoms with Gasteiger partial charge in [-0.05, 0) is 36.5 Å². The SMILES string of the molecule is C=C(/C=C/C/C=C\C=C/C)c1ccc(CC)cc1. The van der Waals surface area contributed by atoms with Gasteiger partial charge in [-0.1, -0.05) is 74.2 Å². The van der Waals surface area contributed by atoms with Crippen molar-refractivity contribution in [3.8, 4) is 0 Å². The van der Waals surface area contributed by atoms with Gasteiger partial charge < -0.3 is 0 Å². The van der Waals surface area contributed by atoms with Gasteiger partial charge in [0.2, 0.25) is 0 Å². The van der Waals surface area contributed by atoms with Crippen molar-refractivity contribution in [1.29, 1.82) is 0 Å². The van der Waals surface area contributed by atoms with Crippen LogP contribution in [0.4, 0.5) is 0 Å². The Hall–Kier alpha value is -1.82. The molecule has 0 radical (unpaired) electrons. The molecule has 0 bridgehead atoms. The second kappa shape index (κ2) is 8.30. The van der Waals surface area contributed by atoms with Crippen molar-refractivity contribution < 1.29 is 0 Å². The fourth-order valence-corrected chi connectivity index (χ4v) is 1.61. The van der Waals surface area contributed by atoms with Crippen LogP contribution in [0.25, 0.3) is 5.57 Å². The molecule has 0 aromatic heterocycles. The maximum absolute atomic E-state index is 4.09. The molecule has 0 heterocycles. The van der Waals surface area contributed by atoms with Gasteiger partial charge in [-0.25, -0.2) is 0 Å². The van der Waals surface area contributed by atoms with Crippen LogP contribution in [0.2, 0.25) is 0 Å². The molecule has 0 nitrogen and oxygen atoms in total. The molecule has 0 aliphatic heterocycles. The summed E-state index contributed by atoms with van der Waals surface area (Å²) in [6.45, 7) is 8.27. The summed E-state index contributed by atoms with van der Waals surface area (Å²) in [5, 5.41) is 0. The Bertz CT molecular complexity index is 441. The van der Waals surface area contributed by atoms with Gasteiger partial charge in [0, 0.05) is 0 Å². The minimum atomic E-state index is 0.941. The molecule has 0 unspecified atom stereocenters. The zero-order valence-electron chi connectivity index (χ0n) is 11.4. The lowest BCUT2D eigenvalue weighted by atomic mass is 10.0. The van der Waals surface area contributed by atoms with Crippen molar-refractivity contribution in [2.45, 2.75) is 26.7 Å². The number of benzene rings is 1. The highest BCUT2D eigenvalue weighted by Gasteiger charge is 1.94. The largest absolute Gasteiger partial charge is 0.0912 e. The molecule has 0 spiro atoms. The Morgan fingerprint density at radius 2 is 1.83 bits per heavy atom. The van der Waals surface area contributed by atoms with Gasteiger partial charge in [0.05, 0.1) is 0 Å². The zero-order chi connectivity index (χ0) is 13.2.